The van der Waals surface area contributed by atoms with E-state index >= 15 is 0 Å². The second-order valence-electron chi connectivity index (χ2n) is 5.93. The zero-order valence-electron chi connectivity index (χ0n) is 15.0. The van der Waals surface area contributed by atoms with Crippen molar-refractivity contribution in [3.05, 3.63) is 0 Å². The fourth-order valence-electron chi connectivity index (χ4n) is 2.48. The third kappa shape index (κ3) is 8.98. The smallest absolute Gasteiger partial charge is 0.315 e. The normalized spacial score (nSPS) is 16.7. The Hall–Kier alpha value is -1.46. The summed E-state index contributed by atoms with van der Waals surface area (Å²) in [6.45, 7) is 7.26. The zero-order valence-corrected chi connectivity index (χ0v) is 15.9. The predicted octanol–water partition coefficient (Wildman–Crippen LogP) is -3.00. The highest BCUT2D eigenvalue weighted by atomic mass is 32.1. The van der Waals surface area contributed by atoms with Crippen molar-refractivity contribution < 1.29 is 14.4 Å². The van der Waals surface area contributed by atoms with Crippen LogP contribution < -0.4 is 21.2 Å². The summed E-state index contributed by atoms with van der Waals surface area (Å²) in [5, 5.41) is 10.6. The van der Waals surface area contributed by atoms with Crippen molar-refractivity contribution in [2.75, 3.05) is 58.1 Å². The molecule has 4 amide bonds. The lowest BCUT2D eigenvalue weighted by Crippen LogP contribution is -2.52. The Bertz CT molecular complexity index is 448. The minimum absolute atomic E-state index is 0.0334. The van der Waals surface area contributed by atoms with Gasteiger partial charge in [-0.25, -0.2) is 4.79 Å². The van der Waals surface area contributed by atoms with Gasteiger partial charge in [0.2, 0.25) is 19.8 Å². The average molecular weight is 372 g/mol. The number of nitrogens with zero attached hydrogens (tertiary/aromatic N) is 2. The minimum atomic E-state index is -0.567. The first-order chi connectivity index (χ1) is 12.0. The number of hydrogen-bond donors (Lipinski definition) is 5. The highest BCUT2D eigenvalue weighted by molar-refractivity contribution is 7.80. The van der Waals surface area contributed by atoms with E-state index in [9.17, 15) is 14.4 Å². The molecule has 0 spiro atoms. The quantitative estimate of drug-likeness (QED) is 0.219. The molecule has 1 atom stereocenters. The van der Waals surface area contributed by atoms with E-state index in [0.717, 1.165) is 32.7 Å². The van der Waals surface area contributed by atoms with E-state index in [-0.39, 0.29) is 17.8 Å². The minimum Gasteiger partial charge on any atom is -0.404 e. The van der Waals surface area contributed by atoms with Crippen LogP contribution in [0.5, 0.6) is 0 Å². The molecule has 4 N–H and O–H groups in total. The maximum atomic E-state index is 11.7. The van der Waals surface area contributed by atoms with Gasteiger partial charge in [0.15, 0.2) is 0 Å². The van der Waals surface area contributed by atoms with Crippen LogP contribution >= 0.6 is 12.6 Å². The number of thiol groups is 1. The molecule has 11 heteroatoms. The first kappa shape index (κ1) is 21.6. The Balaban J connectivity index is 2.13. The molecule has 9 nitrogen and oxygen atoms in total. The van der Waals surface area contributed by atoms with Crippen LogP contribution in [-0.4, -0.2) is 99.8 Å². The van der Waals surface area contributed by atoms with Crippen molar-refractivity contribution in [3.63, 3.8) is 0 Å². The van der Waals surface area contributed by atoms with Crippen LogP contribution in [0, 0.1) is 0 Å². The first-order valence-electron chi connectivity index (χ1n) is 8.54. The monoisotopic (exact) mass is 372 g/mol. The summed E-state index contributed by atoms with van der Waals surface area (Å²) in [6.07, 6.45) is 0. The molecule has 1 aliphatic heterocycles. The lowest BCUT2D eigenvalue weighted by Gasteiger charge is -2.34. The fraction of sp³-hybridized carbons (Fsp3) is 0.786. The number of urea groups is 1. The molecule has 0 aromatic rings. The van der Waals surface area contributed by atoms with Crippen molar-refractivity contribution in [1.29, 1.82) is 0 Å². The van der Waals surface area contributed by atoms with Crippen molar-refractivity contribution in [2.45, 2.75) is 13.0 Å². The van der Waals surface area contributed by atoms with Crippen molar-refractivity contribution in [3.8, 4) is 0 Å². The first-order valence-corrected chi connectivity index (χ1v) is 9.17. The molecule has 142 valence electrons. The molecule has 0 radical (unpaired) electrons. The molecule has 1 rings (SSSR count). The summed E-state index contributed by atoms with van der Waals surface area (Å²) in [4.78, 5) is 39.1. The van der Waals surface area contributed by atoms with Gasteiger partial charge in [-0.2, -0.15) is 12.6 Å². The summed E-state index contributed by atoms with van der Waals surface area (Å²) in [6, 6.07) is -0.919. The van der Waals surface area contributed by atoms with Crippen molar-refractivity contribution in [1.82, 2.24) is 31.0 Å². The Morgan fingerprint density at radius 3 is 2.32 bits per heavy atom. The van der Waals surface area contributed by atoms with E-state index in [2.05, 4.69) is 43.6 Å². The Labute approximate surface area is 155 Å². The molecule has 0 aromatic carbocycles. The summed E-state index contributed by atoms with van der Waals surface area (Å²) in [7, 11) is 1.53. The number of rotatable bonds is 9. The van der Waals surface area contributed by atoms with Crippen LogP contribution in [0.1, 0.15) is 6.92 Å². The molecule has 1 heterocycles. The number of piperazine rings is 1. The fourth-order valence-corrected chi connectivity index (χ4v) is 2.59. The number of hydrogen-bond acceptors (Lipinski definition) is 6. The summed E-state index contributed by atoms with van der Waals surface area (Å²) >= 11 is 4.06. The SMILES string of the molecule is BNC(=O)[C@H](C)NC(=O)NCCN1CCN(CC(=O)NCCS)CC1. The van der Waals surface area contributed by atoms with Gasteiger partial charge in [0.1, 0.15) is 6.04 Å². The van der Waals surface area contributed by atoms with Gasteiger partial charge in [-0.1, -0.05) is 0 Å². The van der Waals surface area contributed by atoms with Crippen LogP contribution in [0.15, 0.2) is 0 Å². The Kier molecular flexibility index (Phi) is 10.4. The van der Waals surface area contributed by atoms with E-state index in [1.165, 1.54) is 7.98 Å². The van der Waals surface area contributed by atoms with Crippen LogP contribution in [-0.2, 0) is 9.59 Å². The maximum Gasteiger partial charge on any atom is 0.315 e. The molecule has 0 aliphatic carbocycles. The summed E-state index contributed by atoms with van der Waals surface area (Å²) < 4.78 is 0. The van der Waals surface area contributed by atoms with Crippen molar-refractivity contribution >= 4 is 38.5 Å². The molecule has 0 saturated carbocycles. The number of amides is 4. The second-order valence-corrected chi connectivity index (χ2v) is 6.37. The topological polar surface area (TPSA) is 106 Å². The lowest BCUT2D eigenvalue weighted by molar-refractivity contribution is -0.122. The highest BCUT2D eigenvalue weighted by Crippen LogP contribution is 2.00. The largest absolute Gasteiger partial charge is 0.404 e. The van der Waals surface area contributed by atoms with Gasteiger partial charge in [-0.3, -0.25) is 19.4 Å². The Morgan fingerprint density at radius 2 is 1.72 bits per heavy atom. The number of carbonyl (C=O) groups excluding carboxylic acids is 3. The van der Waals surface area contributed by atoms with Crippen LogP contribution in [0.4, 0.5) is 4.79 Å². The van der Waals surface area contributed by atoms with Crippen LogP contribution in [0.3, 0.4) is 0 Å². The predicted molar refractivity (Wildman–Crippen MR) is 102 cm³/mol. The van der Waals surface area contributed by atoms with Gasteiger partial charge in [0.05, 0.1) is 6.54 Å². The van der Waals surface area contributed by atoms with E-state index in [4.69, 9.17) is 0 Å². The van der Waals surface area contributed by atoms with Crippen LogP contribution in [0.2, 0.25) is 0 Å². The molecule has 1 fully saturated rings. The summed E-state index contributed by atoms with van der Waals surface area (Å²) in [5.41, 5.74) is 0. The van der Waals surface area contributed by atoms with Gasteiger partial charge in [-0.15, -0.1) is 0 Å². The van der Waals surface area contributed by atoms with E-state index in [0.29, 0.717) is 25.4 Å². The molecule has 1 saturated heterocycles. The van der Waals surface area contributed by atoms with Crippen molar-refractivity contribution in [2.24, 2.45) is 0 Å². The van der Waals surface area contributed by atoms with Crippen LogP contribution in [0.25, 0.3) is 0 Å². The zero-order chi connectivity index (χ0) is 18.7. The molecule has 0 bridgehead atoms. The molecule has 0 unspecified atom stereocenters. The molecule has 25 heavy (non-hydrogen) atoms. The highest BCUT2D eigenvalue weighted by Gasteiger charge is 2.19. The summed E-state index contributed by atoms with van der Waals surface area (Å²) in [5.74, 6) is 0.442. The second kappa shape index (κ2) is 12.0. The van der Waals surface area contributed by atoms with Gasteiger partial charge in [-0.05, 0) is 6.92 Å². The molecular weight excluding hydrogens is 343 g/mol. The standard InChI is InChI=1S/C14H29BN6O3S/c1-11(13(23)19-15)18-14(24)17-2-4-20-5-7-21(8-6-20)10-12(22)16-3-9-25/h11,25H,2-10,15H2,1H3,(H,16,22)(H,19,23)(H2,17,18,24)/t11-/m0/s1. The third-order valence-corrected chi connectivity index (χ3v) is 4.19. The number of carbonyl (C=O) groups is 3. The van der Waals surface area contributed by atoms with Gasteiger partial charge in [0, 0.05) is 51.6 Å². The van der Waals surface area contributed by atoms with E-state index in [1.807, 2.05) is 0 Å². The van der Waals surface area contributed by atoms with E-state index < -0.39 is 6.04 Å². The molecular formula is C14H29BN6O3S. The third-order valence-electron chi connectivity index (χ3n) is 3.97. The average Bonchev–Trinajstić information content (AvgIpc) is 2.60. The molecule has 1 aliphatic rings. The Morgan fingerprint density at radius 1 is 1.08 bits per heavy atom. The van der Waals surface area contributed by atoms with Gasteiger partial charge in [0.25, 0.3) is 0 Å². The van der Waals surface area contributed by atoms with E-state index in [1.54, 1.807) is 6.92 Å². The lowest BCUT2D eigenvalue weighted by atomic mass is 10.3. The number of nitrogens with one attached hydrogen (secondary N) is 4. The molecule has 0 aromatic heterocycles. The van der Waals surface area contributed by atoms with Gasteiger partial charge >= 0.3 is 6.03 Å². The van der Waals surface area contributed by atoms with Gasteiger partial charge < -0.3 is 21.2 Å². The maximum absolute atomic E-state index is 11.7.